The first-order valence-corrected chi connectivity index (χ1v) is 13.6. The number of rotatable bonds is 5. The molecular formula is C30H50O. The minimum Gasteiger partial charge on any atom is -0.393 e. The third kappa shape index (κ3) is 3.60. The second kappa shape index (κ2) is 8.34. The molecule has 2 unspecified atom stereocenters. The average molecular weight is 427 g/mol. The molecule has 1 N–H and O–H groups in total. The maximum absolute atomic E-state index is 10.3. The molecule has 0 spiro atoms. The fourth-order valence-electron chi connectivity index (χ4n) is 9.17. The molecular weight excluding hydrogens is 376 g/mol. The predicted octanol–water partition coefficient (Wildman–Crippen LogP) is 8.19. The highest BCUT2D eigenvalue weighted by molar-refractivity contribution is 5.29. The third-order valence-electron chi connectivity index (χ3n) is 11.6. The zero-order valence-electron chi connectivity index (χ0n) is 21.6. The summed E-state index contributed by atoms with van der Waals surface area (Å²) >= 11 is 0. The number of fused-ring (bicyclic) bond motifs is 5. The summed E-state index contributed by atoms with van der Waals surface area (Å²) in [5, 5.41) is 10.3. The SMILES string of the molecule is CC[C@H](/C=C/[C@@H](C)[C@H]1CCC2C3CC=C4C[C@@H](O)CC[C@]4(C)[C@@]3(C)CC[C@@]21C)C(C)C. The normalized spacial score (nSPS) is 46.9. The highest BCUT2D eigenvalue weighted by atomic mass is 16.3. The Bertz CT molecular complexity index is 718. The van der Waals surface area contributed by atoms with E-state index in [-0.39, 0.29) is 6.10 Å². The van der Waals surface area contributed by atoms with Crippen molar-refractivity contribution in [1.29, 1.82) is 0 Å². The Kier molecular flexibility index (Phi) is 6.35. The largest absolute Gasteiger partial charge is 0.393 e. The maximum Gasteiger partial charge on any atom is 0.0577 e. The second-order valence-electron chi connectivity index (χ2n) is 13.1. The van der Waals surface area contributed by atoms with Crippen molar-refractivity contribution in [3.05, 3.63) is 23.8 Å². The maximum atomic E-state index is 10.3. The van der Waals surface area contributed by atoms with Gasteiger partial charge in [0.1, 0.15) is 0 Å². The standard InChI is InChI=1S/C30H50O/c1-8-22(20(2)3)10-9-21(4)25-13-14-26-27-12-11-23-19-24(31)15-16-29(23,6)30(27,7)18-17-28(25,26)5/h9-11,20-22,24-27,31H,8,12-19H2,1-7H3/b10-9+/t21-,22-,24+,25-,26?,27?,28-,29+,30+/m1/s1. The molecule has 31 heavy (non-hydrogen) atoms. The summed E-state index contributed by atoms with van der Waals surface area (Å²) in [7, 11) is 0. The summed E-state index contributed by atoms with van der Waals surface area (Å²) in [6, 6.07) is 0. The Morgan fingerprint density at radius 3 is 2.42 bits per heavy atom. The molecule has 0 aliphatic heterocycles. The van der Waals surface area contributed by atoms with Gasteiger partial charge in [0, 0.05) is 0 Å². The summed E-state index contributed by atoms with van der Waals surface area (Å²) in [5.41, 5.74) is 2.83. The molecule has 1 heteroatoms. The van der Waals surface area contributed by atoms with Crippen LogP contribution in [-0.2, 0) is 0 Å². The monoisotopic (exact) mass is 426 g/mol. The van der Waals surface area contributed by atoms with Crippen molar-refractivity contribution in [1.82, 2.24) is 0 Å². The summed E-state index contributed by atoms with van der Waals surface area (Å²) in [4.78, 5) is 0. The second-order valence-corrected chi connectivity index (χ2v) is 13.1. The van der Waals surface area contributed by atoms with Crippen molar-refractivity contribution in [2.24, 2.45) is 51.8 Å². The molecule has 9 atom stereocenters. The lowest BCUT2D eigenvalue weighted by atomic mass is 9.40. The van der Waals surface area contributed by atoms with Crippen LogP contribution in [0, 0.1) is 51.8 Å². The van der Waals surface area contributed by atoms with E-state index in [1.165, 1.54) is 44.9 Å². The van der Waals surface area contributed by atoms with E-state index in [0.717, 1.165) is 42.4 Å². The van der Waals surface area contributed by atoms with Crippen LogP contribution in [0.2, 0.25) is 0 Å². The Morgan fingerprint density at radius 1 is 1.00 bits per heavy atom. The van der Waals surface area contributed by atoms with Gasteiger partial charge in [0.2, 0.25) is 0 Å². The van der Waals surface area contributed by atoms with Crippen LogP contribution in [0.3, 0.4) is 0 Å². The molecule has 1 nitrogen and oxygen atoms in total. The predicted molar refractivity (Wildman–Crippen MR) is 133 cm³/mol. The molecule has 0 heterocycles. The molecule has 4 aliphatic rings. The quantitative estimate of drug-likeness (QED) is 0.439. The van der Waals surface area contributed by atoms with Crippen molar-refractivity contribution in [3.63, 3.8) is 0 Å². The summed E-state index contributed by atoms with van der Waals surface area (Å²) in [6.07, 6.45) is 18.9. The smallest absolute Gasteiger partial charge is 0.0577 e. The van der Waals surface area contributed by atoms with Crippen LogP contribution in [0.4, 0.5) is 0 Å². The fourth-order valence-corrected chi connectivity index (χ4v) is 9.17. The fraction of sp³-hybridized carbons (Fsp3) is 0.867. The van der Waals surface area contributed by atoms with E-state index in [9.17, 15) is 5.11 Å². The van der Waals surface area contributed by atoms with E-state index in [1.54, 1.807) is 5.57 Å². The number of aliphatic hydroxyl groups is 1. The van der Waals surface area contributed by atoms with Gasteiger partial charge >= 0.3 is 0 Å². The van der Waals surface area contributed by atoms with Crippen LogP contribution in [-0.4, -0.2) is 11.2 Å². The molecule has 4 aliphatic carbocycles. The van der Waals surface area contributed by atoms with E-state index in [4.69, 9.17) is 0 Å². The van der Waals surface area contributed by atoms with E-state index in [2.05, 4.69) is 66.7 Å². The van der Waals surface area contributed by atoms with Crippen molar-refractivity contribution < 1.29 is 5.11 Å². The Morgan fingerprint density at radius 2 is 1.74 bits per heavy atom. The van der Waals surface area contributed by atoms with Crippen LogP contribution in [0.1, 0.15) is 106 Å². The van der Waals surface area contributed by atoms with Crippen molar-refractivity contribution in [2.45, 2.75) is 112 Å². The lowest BCUT2D eigenvalue weighted by Gasteiger charge is -2.64. The third-order valence-corrected chi connectivity index (χ3v) is 11.6. The number of hydrogen-bond acceptors (Lipinski definition) is 1. The number of allylic oxidation sites excluding steroid dienone is 3. The van der Waals surface area contributed by atoms with Gasteiger partial charge in [0.15, 0.2) is 0 Å². The molecule has 0 radical (unpaired) electrons. The topological polar surface area (TPSA) is 20.2 Å². The number of hydrogen-bond donors (Lipinski definition) is 1. The summed E-state index contributed by atoms with van der Waals surface area (Å²) in [6.45, 7) is 17.5. The molecule has 176 valence electrons. The van der Waals surface area contributed by atoms with Gasteiger partial charge in [-0.1, -0.05) is 72.3 Å². The molecule has 0 aromatic carbocycles. The van der Waals surface area contributed by atoms with Gasteiger partial charge < -0.3 is 5.11 Å². The molecule has 3 saturated carbocycles. The van der Waals surface area contributed by atoms with Gasteiger partial charge in [0.05, 0.1) is 6.10 Å². The van der Waals surface area contributed by atoms with Crippen molar-refractivity contribution in [3.8, 4) is 0 Å². The van der Waals surface area contributed by atoms with Gasteiger partial charge in [-0.3, -0.25) is 0 Å². The Hall–Kier alpha value is -0.560. The van der Waals surface area contributed by atoms with Gasteiger partial charge in [-0.05, 0) is 110 Å². The van der Waals surface area contributed by atoms with E-state index < -0.39 is 0 Å². The van der Waals surface area contributed by atoms with Crippen LogP contribution < -0.4 is 0 Å². The molecule has 4 rings (SSSR count). The first-order valence-electron chi connectivity index (χ1n) is 13.6. The van der Waals surface area contributed by atoms with E-state index in [0.29, 0.717) is 22.2 Å². The minimum atomic E-state index is -0.102. The first-order chi connectivity index (χ1) is 14.6. The van der Waals surface area contributed by atoms with E-state index in [1.807, 2.05) is 0 Å². The van der Waals surface area contributed by atoms with Crippen LogP contribution in [0.25, 0.3) is 0 Å². The molecule has 3 fully saturated rings. The Labute approximate surface area is 193 Å². The number of aliphatic hydroxyl groups excluding tert-OH is 1. The zero-order valence-corrected chi connectivity index (χ0v) is 21.6. The van der Waals surface area contributed by atoms with Crippen molar-refractivity contribution in [2.75, 3.05) is 0 Å². The highest BCUT2D eigenvalue weighted by Crippen LogP contribution is 2.72. The molecule has 0 aromatic heterocycles. The van der Waals surface area contributed by atoms with Gasteiger partial charge in [-0.2, -0.15) is 0 Å². The Balaban J connectivity index is 1.57. The molecule has 0 amide bonds. The zero-order chi connectivity index (χ0) is 22.6. The van der Waals surface area contributed by atoms with Gasteiger partial charge in [-0.15, -0.1) is 0 Å². The molecule has 0 bridgehead atoms. The lowest BCUT2D eigenvalue weighted by Crippen LogP contribution is -2.57. The van der Waals surface area contributed by atoms with Crippen LogP contribution >= 0.6 is 0 Å². The van der Waals surface area contributed by atoms with Crippen LogP contribution in [0.15, 0.2) is 23.8 Å². The van der Waals surface area contributed by atoms with Gasteiger partial charge in [0.25, 0.3) is 0 Å². The molecule has 0 saturated heterocycles. The van der Waals surface area contributed by atoms with Crippen LogP contribution in [0.5, 0.6) is 0 Å². The average Bonchev–Trinajstić information content (AvgIpc) is 3.07. The first kappa shape index (κ1) is 23.6. The summed E-state index contributed by atoms with van der Waals surface area (Å²) in [5.74, 6) is 4.71. The molecule has 0 aromatic rings. The minimum absolute atomic E-state index is 0.102. The van der Waals surface area contributed by atoms with E-state index >= 15 is 0 Å². The highest BCUT2D eigenvalue weighted by Gasteiger charge is 2.63. The van der Waals surface area contributed by atoms with Crippen molar-refractivity contribution >= 4 is 0 Å². The lowest BCUT2D eigenvalue weighted by molar-refractivity contribution is -0.117. The summed E-state index contributed by atoms with van der Waals surface area (Å²) < 4.78 is 0. The van der Waals surface area contributed by atoms with Gasteiger partial charge in [-0.25, -0.2) is 0 Å².